The van der Waals surface area contributed by atoms with E-state index in [9.17, 15) is 9.90 Å². The quantitative estimate of drug-likeness (QED) is 0.614. The number of anilines is 1. The Morgan fingerprint density at radius 1 is 1.21 bits per heavy atom. The average Bonchev–Trinajstić information content (AvgIpc) is 3.40. The fraction of sp³-hybridized carbons (Fsp3) is 0.464. The molecule has 4 unspecified atom stereocenters. The van der Waals surface area contributed by atoms with Crippen molar-refractivity contribution in [2.24, 2.45) is 11.8 Å². The first kappa shape index (κ1) is 22.2. The Morgan fingerprint density at radius 2 is 1.97 bits per heavy atom. The molecule has 1 fully saturated rings. The van der Waals surface area contributed by atoms with Crippen LogP contribution in [0.4, 0.5) is 5.69 Å². The number of methoxy groups -OCH3 is 1. The summed E-state index contributed by atoms with van der Waals surface area (Å²) in [6.07, 6.45) is 3.49. The summed E-state index contributed by atoms with van der Waals surface area (Å²) >= 11 is 0. The fourth-order valence-corrected chi connectivity index (χ4v) is 6.68. The van der Waals surface area contributed by atoms with Crippen molar-refractivity contribution in [1.82, 2.24) is 4.90 Å². The van der Waals surface area contributed by atoms with Crippen LogP contribution < -0.4 is 5.32 Å². The largest absolute Gasteiger partial charge is 0.466 e. The lowest BCUT2D eigenvalue weighted by Crippen LogP contribution is -2.51. The number of carbonyl (C=O) groups excluding carboxylic acids is 1. The molecule has 0 amide bonds. The summed E-state index contributed by atoms with van der Waals surface area (Å²) in [5.41, 5.74) is 5.30. The Kier molecular flexibility index (Phi) is 6.02. The minimum atomic E-state index is -0.244. The molecular formula is C28H34N2O3. The number of nitrogens with zero attached hydrogens (tertiary/aromatic N) is 1. The van der Waals surface area contributed by atoms with Gasteiger partial charge in [-0.05, 0) is 48.3 Å². The van der Waals surface area contributed by atoms with Crippen LogP contribution in [-0.4, -0.2) is 42.3 Å². The minimum absolute atomic E-state index is 0.185. The standard InChI is InChI=1S/C28H34N2O3/c1-3-19(18-31)15-21-16-22(27(32)33-2)25-28(23-11-7-8-12-24(23)29-25)13-14-30(26(21)28)17-20-9-5-4-6-10-20/h4-12,19,21,26,29,31H,3,13-18H2,1-2H3. The second-order valence-corrected chi connectivity index (χ2v) is 9.79. The zero-order valence-electron chi connectivity index (χ0n) is 19.6. The molecule has 0 saturated carbocycles. The van der Waals surface area contributed by atoms with Crippen molar-refractivity contribution < 1.29 is 14.6 Å². The Balaban J connectivity index is 1.64. The van der Waals surface area contributed by atoms with Gasteiger partial charge >= 0.3 is 5.97 Å². The summed E-state index contributed by atoms with van der Waals surface area (Å²) in [5.74, 6) is 0.266. The van der Waals surface area contributed by atoms with E-state index in [0.717, 1.165) is 49.3 Å². The van der Waals surface area contributed by atoms with E-state index in [1.165, 1.54) is 18.2 Å². The Labute approximate surface area is 196 Å². The van der Waals surface area contributed by atoms with Crippen molar-refractivity contribution in [3.05, 3.63) is 77.0 Å². The van der Waals surface area contributed by atoms with Gasteiger partial charge in [-0.3, -0.25) is 4.90 Å². The lowest BCUT2D eigenvalue weighted by atomic mass is 9.62. The normalized spacial score (nSPS) is 26.9. The maximum absolute atomic E-state index is 13.0. The second kappa shape index (κ2) is 8.96. The highest BCUT2D eigenvalue weighted by molar-refractivity contribution is 5.93. The van der Waals surface area contributed by atoms with E-state index in [-0.39, 0.29) is 35.9 Å². The smallest absolute Gasteiger partial charge is 0.335 e. The number of ether oxygens (including phenoxy) is 1. The number of aliphatic hydroxyl groups is 1. The van der Waals surface area contributed by atoms with E-state index in [1.54, 1.807) is 0 Å². The number of hydrogen-bond donors (Lipinski definition) is 2. The summed E-state index contributed by atoms with van der Waals surface area (Å²) < 4.78 is 5.27. The highest BCUT2D eigenvalue weighted by atomic mass is 16.5. The maximum Gasteiger partial charge on any atom is 0.335 e. The van der Waals surface area contributed by atoms with E-state index in [1.807, 2.05) is 0 Å². The van der Waals surface area contributed by atoms with Crippen LogP contribution in [0, 0.1) is 11.8 Å². The Bertz CT molecular complexity index is 1050. The summed E-state index contributed by atoms with van der Waals surface area (Å²) in [6.45, 7) is 4.19. The number of carbonyl (C=O) groups is 1. The molecule has 2 N–H and O–H groups in total. The van der Waals surface area contributed by atoms with Crippen LogP contribution in [-0.2, 0) is 21.5 Å². The summed E-state index contributed by atoms with van der Waals surface area (Å²) in [6, 6.07) is 19.4. The van der Waals surface area contributed by atoms with Crippen molar-refractivity contribution in [1.29, 1.82) is 0 Å². The minimum Gasteiger partial charge on any atom is -0.466 e. The van der Waals surface area contributed by atoms with Gasteiger partial charge in [0.2, 0.25) is 0 Å². The first-order chi connectivity index (χ1) is 16.1. The molecule has 174 valence electrons. The third-order valence-corrected chi connectivity index (χ3v) is 8.15. The molecule has 5 rings (SSSR count). The van der Waals surface area contributed by atoms with Gasteiger partial charge in [0.25, 0.3) is 0 Å². The first-order valence-corrected chi connectivity index (χ1v) is 12.2. The lowest BCUT2D eigenvalue weighted by Gasteiger charge is -2.46. The maximum atomic E-state index is 13.0. The van der Waals surface area contributed by atoms with Crippen molar-refractivity contribution in [2.75, 3.05) is 25.6 Å². The number of aliphatic hydroxyl groups excluding tert-OH is 1. The van der Waals surface area contributed by atoms with E-state index in [2.05, 4.69) is 71.7 Å². The molecule has 2 heterocycles. The highest BCUT2D eigenvalue weighted by Gasteiger charge is 2.60. The van der Waals surface area contributed by atoms with Gasteiger partial charge in [-0.15, -0.1) is 0 Å². The third-order valence-electron chi connectivity index (χ3n) is 8.15. The highest BCUT2D eigenvalue weighted by Crippen LogP contribution is 2.60. The van der Waals surface area contributed by atoms with Gasteiger partial charge in [0.1, 0.15) is 0 Å². The number of fused-ring (bicyclic) bond motifs is 1. The number of para-hydroxylation sites is 1. The van der Waals surface area contributed by atoms with Gasteiger partial charge in [0.15, 0.2) is 0 Å². The topological polar surface area (TPSA) is 61.8 Å². The van der Waals surface area contributed by atoms with Gasteiger partial charge in [-0.25, -0.2) is 4.79 Å². The second-order valence-electron chi connectivity index (χ2n) is 9.79. The molecule has 5 nitrogen and oxygen atoms in total. The molecule has 3 aliphatic rings. The first-order valence-electron chi connectivity index (χ1n) is 12.2. The SMILES string of the molecule is CCC(CO)CC1CC(C(=O)OC)=C2Nc3ccccc3C23CCN(Cc2ccccc2)C13. The van der Waals surface area contributed by atoms with Crippen LogP contribution in [0.5, 0.6) is 0 Å². The molecule has 2 aromatic rings. The van der Waals surface area contributed by atoms with Gasteiger partial charge < -0.3 is 15.2 Å². The molecule has 2 aliphatic heterocycles. The fourth-order valence-electron chi connectivity index (χ4n) is 6.68. The van der Waals surface area contributed by atoms with Crippen LogP contribution in [0.2, 0.25) is 0 Å². The molecule has 1 spiro atoms. The molecule has 1 saturated heterocycles. The summed E-state index contributed by atoms with van der Waals surface area (Å²) in [5, 5.41) is 13.7. The van der Waals surface area contributed by atoms with E-state index >= 15 is 0 Å². The molecule has 2 aromatic carbocycles. The lowest BCUT2D eigenvalue weighted by molar-refractivity contribution is -0.136. The van der Waals surface area contributed by atoms with Crippen LogP contribution in [0.3, 0.4) is 0 Å². The Hall–Kier alpha value is -2.63. The predicted octanol–water partition coefficient (Wildman–Crippen LogP) is 4.48. The van der Waals surface area contributed by atoms with Crippen molar-refractivity contribution >= 4 is 11.7 Å². The molecule has 0 radical (unpaired) electrons. The molecule has 5 heteroatoms. The number of esters is 1. The number of rotatable bonds is 7. The van der Waals surface area contributed by atoms with Gasteiger partial charge in [0.05, 0.1) is 18.1 Å². The van der Waals surface area contributed by atoms with Crippen LogP contribution in [0.25, 0.3) is 0 Å². The molecule has 0 aromatic heterocycles. The molecule has 1 aliphatic carbocycles. The number of likely N-dealkylation sites (tertiary alicyclic amines) is 1. The van der Waals surface area contributed by atoms with E-state index < -0.39 is 0 Å². The van der Waals surface area contributed by atoms with Crippen LogP contribution >= 0.6 is 0 Å². The summed E-state index contributed by atoms with van der Waals surface area (Å²) in [7, 11) is 1.48. The zero-order chi connectivity index (χ0) is 23.0. The summed E-state index contributed by atoms with van der Waals surface area (Å²) in [4.78, 5) is 15.6. The van der Waals surface area contributed by atoms with Gasteiger partial charge in [-0.1, -0.05) is 61.9 Å². The zero-order valence-corrected chi connectivity index (χ0v) is 19.6. The van der Waals surface area contributed by atoms with Crippen LogP contribution in [0.1, 0.15) is 43.7 Å². The molecule has 33 heavy (non-hydrogen) atoms. The van der Waals surface area contributed by atoms with Crippen molar-refractivity contribution in [3.63, 3.8) is 0 Å². The van der Waals surface area contributed by atoms with Gasteiger partial charge in [-0.2, -0.15) is 0 Å². The molecular weight excluding hydrogens is 412 g/mol. The monoisotopic (exact) mass is 446 g/mol. The molecule has 4 atom stereocenters. The van der Waals surface area contributed by atoms with Gasteiger partial charge in [0, 0.05) is 37.1 Å². The number of nitrogens with one attached hydrogen (secondary N) is 1. The number of hydrogen-bond acceptors (Lipinski definition) is 5. The van der Waals surface area contributed by atoms with E-state index in [4.69, 9.17) is 4.74 Å². The number of benzene rings is 2. The van der Waals surface area contributed by atoms with Crippen molar-refractivity contribution in [3.8, 4) is 0 Å². The predicted molar refractivity (Wildman–Crippen MR) is 130 cm³/mol. The van der Waals surface area contributed by atoms with E-state index in [0.29, 0.717) is 6.42 Å². The molecule has 0 bridgehead atoms. The third kappa shape index (κ3) is 3.58. The van der Waals surface area contributed by atoms with Crippen molar-refractivity contribution in [2.45, 2.75) is 50.6 Å². The Morgan fingerprint density at radius 3 is 2.70 bits per heavy atom. The van der Waals surface area contributed by atoms with Crippen LogP contribution in [0.15, 0.2) is 65.9 Å². The average molecular weight is 447 g/mol.